The Bertz CT molecular complexity index is 1210. The van der Waals surface area contributed by atoms with Crippen LogP contribution in [-0.4, -0.2) is 31.6 Å². The molecule has 0 atom stereocenters. The summed E-state index contributed by atoms with van der Waals surface area (Å²) < 4.78 is 3.18. The van der Waals surface area contributed by atoms with Gasteiger partial charge >= 0.3 is 0 Å². The van der Waals surface area contributed by atoms with Crippen LogP contribution in [0.1, 0.15) is 21.9 Å². The summed E-state index contributed by atoms with van der Waals surface area (Å²) in [6.07, 6.45) is 0.541. The Morgan fingerprint density at radius 1 is 1.21 bits per heavy atom. The van der Waals surface area contributed by atoms with Gasteiger partial charge in [0.05, 0.1) is 5.69 Å². The van der Waals surface area contributed by atoms with Gasteiger partial charge in [0.1, 0.15) is 5.69 Å². The van der Waals surface area contributed by atoms with Crippen LogP contribution in [0.5, 0.6) is 0 Å². The molecule has 1 amide bonds. The molecule has 4 rings (SSSR count). The van der Waals surface area contributed by atoms with E-state index in [2.05, 4.69) is 15.4 Å². The van der Waals surface area contributed by atoms with Crippen LogP contribution in [0.4, 0.5) is 0 Å². The Balaban J connectivity index is 1.46. The number of carbonyl (C=O) groups excluding carboxylic acids is 1. The van der Waals surface area contributed by atoms with Gasteiger partial charge in [0, 0.05) is 48.4 Å². The monoisotopic (exact) mass is 393 g/mol. The van der Waals surface area contributed by atoms with Gasteiger partial charge in [-0.15, -0.1) is 11.3 Å². The van der Waals surface area contributed by atoms with E-state index in [-0.39, 0.29) is 11.5 Å². The second-order valence-corrected chi connectivity index (χ2v) is 7.33. The van der Waals surface area contributed by atoms with Crippen molar-refractivity contribution in [2.24, 2.45) is 7.05 Å². The smallest absolute Gasteiger partial charge is 0.269 e. The van der Waals surface area contributed by atoms with Crippen LogP contribution in [0, 0.1) is 6.92 Å². The van der Waals surface area contributed by atoms with Crippen molar-refractivity contribution in [2.75, 3.05) is 6.54 Å². The van der Waals surface area contributed by atoms with Crippen LogP contribution in [0.2, 0.25) is 0 Å². The number of nitrogens with zero attached hydrogens (tertiary/aromatic N) is 4. The van der Waals surface area contributed by atoms with E-state index in [4.69, 9.17) is 0 Å². The first kappa shape index (κ1) is 18.1. The molecule has 1 N–H and O–H groups in total. The minimum atomic E-state index is -0.196. The number of fused-ring (bicyclic) bond motifs is 1. The number of hydrogen-bond acceptors (Lipinski definition) is 5. The summed E-state index contributed by atoms with van der Waals surface area (Å²) in [5, 5.41) is 9.24. The SMILES string of the molecule is Cc1cc(=O)n2c(CCNC(=O)c3cc(-c4ccccc4)nn3C)csc2n1. The maximum Gasteiger partial charge on any atom is 0.269 e. The second-order valence-electron chi connectivity index (χ2n) is 6.49. The number of nitrogens with one attached hydrogen (secondary N) is 1. The predicted molar refractivity (Wildman–Crippen MR) is 109 cm³/mol. The maximum absolute atomic E-state index is 12.6. The van der Waals surface area contributed by atoms with E-state index in [1.807, 2.05) is 35.7 Å². The van der Waals surface area contributed by atoms with E-state index in [0.29, 0.717) is 29.3 Å². The lowest BCUT2D eigenvalue weighted by Gasteiger charge is -2.05. The minimum absolute atomic E-state index is 0.0933. The summed E-state index contributed by atoms with van der Waals surface area (Å²) in [6.45, 7) is 2.22. The van der Waals surface area contributed by atoms with Gasteiger partial charge in [-0.3, -0.25) is 18.7 Å². The molecule has 0 unspecified atom stereocenters. The van der Waals surface area contributed by atoms with Crippen LogP contribution in [0.3, 0.4) is 0 Å². The zero-order chi connectivity index (χ0) is 19.7. The highest BCUT2D eigenvalue weighted by atomic mass is 32.1. The molecule has 0 aliphatic heterocycles. The quantitative estimate of drug-likeness (QED) is 0.565. The summed E-state index contributed by atoms with van der Waals surface area (Å²) in [7, 11) is 1.75. The van der Waals surface area contributed by atoms with Gasteiger partial charge in [-0.25, -0.2) is 4.98 Å². The van der Waals surface area contributed by atoms with E-state index in [0.717, 1.165) is 17.0 Å². The topological polar surface area (TPSA) is 81.3 Å². The molecule has 0 fully saturated rings. The summed E-state index contributed by atoms with van der Waals surface area (Å²) in [5.41, 5.74) is 3.66. The normalized spacial score (nSPS) is 11.1. The Hall–Kier alpha value is -3.26. The first-order valence-corrected chi connectivity index (χ1v) is 9.75. The molecule has 7 nitrogen and oxygen atoms in total. The van der Waals surface area contributed by atoms with Crippen molar-refractivity contribution in [2.45, 2.75) is 13.3 Å². The molecule has 8 heteroatoms. The van der Waals surface area contributed by atoms with Gasteiger partial charge in [-0.2, -0.15) is 5.10 Å². The molecular formula is C20H19N5O2S. The lowest BCUT2D eigenvalue weighted by molar-refractivity contribution is 0.0944. The third kappa shape index (κ3) is 3.46. The standard InChI is InChI=1S/C20H19N5O2S/c1-13-10-18(26)25-15(12-28-20(25)22-13)8-9-21-19(27)17-11-16(23-24(17)2)14-6-4-3-5-7-14/h3-7,10-12H,8-9H2,1-2H3,(H,21,27). The van der Waals surface area contributed by atoms with Crippen molar-refractivity contribution in [3.8, 4) is 11.3 Å². The minimum Gasteiger partial charge on any atom is -0.350 e. The molecule has 3 aromatic heterocycles. The predicted octanol–water partition coefficient (Wildman–Crippen LogP) is 2.44. The lowest BCUT2D eigenvalue weighted by Crippen LogP contribution is -2.28. The Kier molecular flexibility index (Phi) is 4.79. The van der Waals surface area contributed by atoms with E-state index in [9.17, 15) is 9.59 Å². The third-order valence-corrected chi connectivity index (χ3v) is 5.33. The molecule has 4 aromatic rings. The number of aryl methyl sites for hydroxylation is 2. The zero-order valence-electron chi connectivity index (χ0n) is 15.5. The molecule has 0 bridgehead atoms. The summed E-state index contributed by atoms with van der Waals surface area (Å²) in [5.74, 6) is -0.196. The van der Waals surface area contributed by atoms with Crippen molar-refractivity contribution in [1.82, 2.24) is 24.5 Å². The molecule has 0 saturated carbocycles. The zero-order valence-corrected chi connectivity index (χ0v) is 16.4. The Labute approximate surface area is 165 Å². The van der Waals surface area contributed by atoms with E-state index in [1.54, 1.807) is 29.1 Å². The molecule has 0 aliphatic carbocycles. The van der Waals surface area contributed by atoms with Gasteiger partial charge in [0.25, 0.3) is 11.5 Å². The van der Waals surface area contributed by atoms with Gasteiger partial charge in [-0.05, 0) is 13.0 Å². The number of carbonyl (C=O) groups is 1. The number of amides is 1. The van der Waals surface area contributed by atoms with Crippen molar-refractivity contribution in [1.29, 1.82) is 0 Å². The van der Waals surface area contributed by atoms with Gasteiger partial charge in [-0.1, -0.05) is 30.3 Å². The summed E-state index contributed by atoms with van der Waals surface area (Å²) in [4.78, 5) is 29.8. The molecule has 0 aliphatic rings. The van der Waals surface area contributed by atoms with Crippen LogP contribution in [0.15, 0.2) is 52.6 Å². The van der Waals surface area contributed by atoms with Crippen LogP contribution in [0.25, 0.3) is 16.2 Å². The fourth-order valence-electron chi connectivity index (χ4n) is 3.08. The van der Waals surface area contributed by atoms with E-state index >= 15 is 0 Å². The van der Waals surface area contributed by atoms with Crippen molar-refractivity contribution < 1.29 is 4.79 Å². The fourth-order valence-corrected chi connectivity index (χ4v) is 4.06. The largest absolute Gasteiger partial charge is 0.350 e. The van der Waals surface area contributed by atoms with Crippen LogP contribution >= 0.6 is 11.3 Å². The molecule has 0 radical (unpaired) electrons. The number of rotatable bonds is 5. The number of aromatic nitrogens is 4. The molecule has 3 heterocycles. The van der Waals surface area contributed by atoms with Crippen LogP contribution in [-0.2, 0) is 13.5 Å². The number of hydrogen-bond donors (Lipinski definition) is 1. The molecule has 142 valence electrons. The van der Waals surface area contributed by atoms with Crippen molar-refractivity contribution in [3.63, 3.8) is 0 Å². The third-order valence-electron chi connectivity index (χ3n) is 4.45. The van der Waals surface area contributed by atoms with Gasteiger partial charge in [0.15, 0.2) is 4.96 Å². The highest BCUT2D eigenvalue weighted by Crippen LogP contribution is 2.18. The van der Waals surface area contributed by atoms with Crippen molar-refractivity contribution >= 4 is 22.2 Å². The first-order valence-electron chi connectivity index (χ1n) is 8.87. The number of thiazole rings is 1. The van der Waals surface area contributed by atoms with E-state index < -0.39 is 0 Å². The highest BCUT2D eigenvalue weighted by molar-refractivity contribution is 7.15. The van der Waals surface area contributed by atoms with Crippen LogP contribution < -0.4 is 10.9 Å². The summed E-state index contributed by atoms with van der Waals surface area (Å²) in [6, 6.07) is 13.0. The Morgan fingerprint density at radius 3 is 2.79 bits per heavy atom. The van der Waals surface area contributed by atoms with Gasteiger partial charge in [0.2, 0.25) is 0 Å². The molecule has 0 saturated heterocycles. The van der Waals surface area contributed by atoms with Gasteiger partial charge < -0.3 is 5.32 Å². The summed E-state index contributed by atoms with van der Waals surface area (Å²) >= 11 is 1.43. The molecule has 28 heavy (non-hydrogen) atoms. The Morgan fingerprint density at radius 2 is 2.00 bits per heavy atom. The fraction of sp³-hybridized carbons (Fsp3) is 0.200. The average Bonchev–Trinajstić information content (AvgIpc) is 3.26. The lowest BCUT2D eigenvalue weighted by atomic mass is 10.1. The number of benzene rings is 1. The molecular weight excluding hydrogens is 374 g/mol. The maximum atomic E-state index is 12.6. The molecule has 0 spiro atoms. The molecule has 1 aromatic carbocycles. The van der Waals surface area contributed by atoms with Crippen molar-refractivity contribution in [3.05, 3.63) is 75.3 Å². The van der Waals surface area contributed by atoms with E-state index in [1.165, 1.54) is 17.4 Å². The second kappa shape index (κ2) is 7.40. The highest BCUT2D eigenvalue weighted by Gasteiger charge is 2.14. The average molecular weight is 393 g/mol. The first-order chi connectivity index (χ1) is 13.5.